The average molecular weight is 281 g/mol. The van der Waals surface area contributed by atoms with Crippen LogP contribution in [0.1, 0.15) is 16.1 Å². The SMILES string of the molecule is O=C(O)c1ccc(SCc2ccccc2Cl)nn1. The summed E-state index contributed by atoms with van der Waals surface area (Å²) in [5.41, 5.74) is 0.949. The Kier molecular flexibility index (Phi) is 4.17. The molecule has 92 valence electrons. The summed E-state index contributed by atoms with van der Waals surface area (Å²) in [6, 6.07) is 10.6. The summed E-state index contributed by atoms with van der Waals surface area (Å²) in [7, 11) is 0. The van der Waals surface area contributed by atoms with Gasteiger partial charge in [0.05, 0.1) is 0 Å². The zero-order valence-electron chi connectivity index (χ0n) is 9.21. The third-order valence-electron chi connectivity index (χ3n) is 2.19. The van der Waals surface area contributed by atoms with Gasteiger partial charge in [0.25, 0.3) is 0 Å². The Balaban J connectivity index is 2.02. The van der Waals surface area contributed by atoms with Gasteiger partial charge in [0, 0.05) is 10.8 Å². The number of halogens is 1. The summed E-state index contributed by atoms with van der Waals surface area (Å²) in [6.45, 7) is 0. The molecule has 2 aromatic rings. The first-order valence-corrected chi connectivity index (χ1v) is 6.46. The second-order valence-corrected chi connectivity index (χ2v) is 4.84. The predicted molar refractivity (Wildman–Crippen MR) is 70.0 cm³/mol. The van der Waals surface area contributed by atoms with Crippen molar-refractivity contribution in [3.63, 3.8) is 0 Å². The van der Waals surface area contributed by atoms with Crippen molar-refractivity contribution in [1.29, 1.82) is 0 Å². The Bertz CT molecular complexity index is 560. The number of hydrogen-bond donors (Lipinski definition) is 1. The van der Waals surface area contributed by atoms with Crippen molar-refractivity contribution in [2.75, 3.05) is 0 Å². The molecule has 0 atom stereocenters. The summed E-state index contributed by atoms with van der Waals surface area (Å²) >= 11 is 7.49. The topological polar surface area (TPSA) is 63.1 Å². The quantitative estimate of drug-likeness (QED) is 0.872. The molecule has 0 unspecified atom stereocenters. The van der Waals surface area contributed by atoms with Crippen LogP contribution < -0.4 is 0 Å². The molecule has 4 nitrogen and oxygen atoms in total. The van der Waals surface area contributed by atoms with Crippen molar-refractivity contribution in [2.45, 2.75) is 10.8 Å². The van der Waals surface area contributed by atoms with E-state index in [9.17, 15) is 4.79 Å². The molecule has 1 heterocycles. The minimum atomic E-state index is -1.08. The number of carboxylic acid groups (broad SMARTS) is 1. The Morgan fingerprint density at radius 1 is 1.22 bits per heavy atom. The van der Waals surface area contributed by atoms with Gasteiger partial charge in [-0.25, -0.2) is 4.79 Å². The van der Waals surface area contributed by atoms with Crippen LogP contribution in [-0.4, -0.2) is 21.3 Å². The normalized spacial score (nSPS) is 10.3. The van der Waals surface area contributed by atoms with Crippen LogP contribution in [0.25, 0.3) is 0 Å². The number of benzene rings is 1. The van der Waals surface area contributed by atoms with Gasteiger partial charge in [0.1, 0.15) is 5.03 Å². The van der Waals surface area contributed by atoms with Crippen LogP contribution in [0.5, 0.6) is 0 Å². The molecule has 18 heavy (non-hydrogen) atoms. The van der Waals surface area contributed by atoms with Crippen molar-refractivity contribution < 1.29 is 9.90 Å². The molecule has 0 aliphatic heterocycles. The number of thioether (sulfide) groups is 1. The summed E-state index contributed by atoms with van der Waals surface area (Å²) in [6.07, 6.45) is 0. The number of aromatic nitrogens is 2. The number of nitrogens with zero attached hydrogens (tertiary/aromatic N) is 2. The van der Waals surface area contributed by atoms with Gasteiger partial charge in [-0.1, -0.05) is 41.6 Å². The zero-order chi connectivity index (χ0) is 13.0. The van der Waals surface area contributed by atoms with E-state index in [1.807, 2.05) is 24.3 Å². The van der Waals surface area contributed by atoms with Gasteiger partial charge in [-0.05, 0) is 23.8 Å². The number of rotatable bonds is 4. The highest BCUT2D eigenvalue weighted by Crippen LogP contribution is 2.24. The highest BCUT2D eigenvalue weighted by Gasteiger charge is 2.06. The minimum Gasteiger partial charge on any atom is -0.476 e. The molecule has 2 rings (SSSR count). The fraction of sp³-hybridized carbons (Fsp3) is 0.0833. The fourth-order valence-electron chi connectivity index (χ4n) is 1.28. The first-order chi connectivity index (χ1) is 8.66. The van der Waals surface area contributed by atoms with Gasteiger partial charge in [0.15, 0.2) is 5.69 Å². The zero-order valence-corrected chi connectivity index (χ0v) is 10.8. The lowest BCUT2D eigenvalue weighted by Crippen LogP contribution is -2.01. The van der Waals surface area contributed by atoms with Crippen LogP contribution in [0.2, 0.25) is 5.02 Å². The molecule has 0 saturated heterocycles. The van der Waals surface area contributed by atoms with Gasteiger partial charge in [-0.15, -0.1) is 10.2 Å². The fourth-order valence-corrected chi connectivity index (χ4v) is 2.38. The van der Waals surface area contributed by atoms with Crippen LogP contribution in [0, 0.1) is 0 Å². The van der Waals surface area contributed by atoms with Crippen LogP contribution >= 0.6 is 23.4 Å². The van der Waals surface area contributed by atoms with E-state index >= 15 is 0 Å². The lowest BCUT2D eigenvalue weighted by atomic mass is 10.2. The van der Waals surface area contributed by atoms with E-state index in [0.29, 0.717) is 15.8 Å². The lowest BCUT2D eigenvalue weighted by molar-refractivity contribution is 0.0689. The second kappa shape index (κ2) is 5.84. The van der Waals surface area contributed by atoms with Crippen LogP contribution in [0.4, 0.5) is 0 Å². The largest absolute Gasteiger partial charge is 0.476 e. The molecule has 0 saturated carbocycles. The molecule has 1 N–H and O–H groups in total. The van der Waals surface area contributed by atoms with Crippen LogP contribution in [0.3, 0.4) is 0 Å². The first-order valence-electron chi connectivity index (χ1n) is 5.10. The molecule has 6 heteroatoms. The molecular formula is C12H9ClN2O2S. The third-order valence-corrected chi connectivity index (χ3v) is 3.53. The van der Waals surface area contributed by atoms with E-state index in [-0.39, 0.29) is 5.69 Å². The average Bonchev–Trinajstić information content (AvgIpc) is 2.38. The maximum atomic E-state index is 10.6. The molecule has 1 aromatic heterocycles. The van der Waals surface area contributed by atoms with E-state index < -0.39 is 5.97 Å². The highest BCUT2D eigenvalue weighted by molar-refractivity contribution is 7.98. The Labute approximate surface area is 113 Å². The number of hydrogen-bond acceptors (Lipinski definition) is 4. The molecule has 0 fully saturated rings. The van der Waals surface area contributed by atoms with Crippen molar-refractivity contribution in [1.82, 2.24) is 10.2 Å². The first kappa shape index (κ1) is 12.9. The van der Waals surface area contributed by atoms with Crippen molar-refractivity contribution >= 4 is 29.3 Å². The van der Waals surface area contributed by atoms with Gasteiger partial charge < -0.3 is 5.11 Å². The van der Waals surface area contributed by atoms with E-state index in [1.54, 1.807) is 6.07 Å². The van der Waals surface area contributed by atoms with Gasteiger partial charge >= 0.3 is 5.97 Å². The Morgan fingerprint density at radius 2 is 2.00 bits per heavy atom. The van der Waals surface area contributed by atoms with E-state index in [2.05, 4.69) is 10.2 Å². The minimum absolute atomic E-state index is 0.0582. The molecule has 1 aromatic carbocycles. The van der Waals surface area contributed by atoms with Crippen molar-refractivity contribution in [2.24, 2.45) is 0 Å². The maximum absolute atomic E-state index is 10.6. The molecule has 0 bridgehead atoms. The molecule has 0 amide bonds. The van der Waals surface area contributed by atoms with Gasteiger partial charge in [-0.3, -0.25) is 0 Å². The molecule has 0 aliphatic rings. The summed E-state index contributed by atoms with van der Waals surface area (Å²) < 4.78 is 0. The molecule has 0 aliphatic carbocycles. The number of aromatic carboxylic acids is 1. The van der Waals surface area contributed by atoms with Gasteiger partial charge in [0.2, 0.25) is 0 Å². The Morgan fingerprint density at radius 3 is 2.61 bits per heavy atom. The van der Waals surface area contributed by atoms with E-state index in [0.717, 1.165) is 5.56 Å². The molecular weight excluding hydrogens is 272 g/mol. The molecule has 0 radical (unpaired) electrons. The maximum Gasteiger partial charge on any atom is 0.356 e. The smallest absolute Gasteiger partial charge is 0.356 e. The summed E-state index contributed by atoms with van der Waals surface area (Å²) in [5, 5.41) is 17.5. The monoisotopic (exact) mass is 280 g/mol. The van der Waals surface area contributed by atoms with Crippen molar-refractivity contribution in [3.05, 3.63) is 52.7 Å². The van der Waals surface area contributed by atoms with Crippen molar-refractivity contribution in [3.8, 4) is 0 Å². The summed E-state index contributed by atoms with van der Waals surface area (Å²) in [4.78, 5) is 10.6. The number of carbonyl (C=O) groups is 1. The highest BCUT2D eigenvalue weighted by atomic mass is 35.5. The third kappa shape index (κ3) is 3.21. The summed E-state index contributed by atoms with van der Waals surface area (Å²) in [5.74, 6) is -0.411. The van der Waals surface area contributed by atoms with E-state index in [4.69, 9.17) is 16.7 Å². The number of carboxylic acids is 1. The van der Waals surface area contributed by atoms with E-state index in [1.165, 1.54) is 17.8 Å². The standard InChI is InChI=1S/C12H9ClN2O2S/c13-9-4-2-1-3-8(9)7-18-11-6-5-10(12(16)17)14-15-11/h1-6H,7H2,(H,16,17). The second-order valence-electron chi connectivity index (χ2n) is 3.44. The predicted octanol–water partition coefficient (Wildman–Crippen LogP) is 3.12. The molecule has 0 spiro atoms. The Hall–Kier alpha value is -1.59. The van der Waals surface area contributed by atoms with Crippen LogP contribution in [-0.2, 0) is 5.75 Å². The van der Waals surface area contributed by atoms with Gasteiger partial charge in [-0.2, -0.15) is 0 Å². The lowest BCUT2D eigenvalue weighted by Gasteiger charge is -2.03. The van der Waals surface area contributed by atoms with Crippen LogP contribution in [0.15, 0.2) is 41.4 Å².